The largest absolute Gasteiger partial charge is 0.507 e. The summed E-state index contributed by atoms with van der Waals surface area (Å²) in [6.07, 6.45) is 1.57. The predicted octanol–water partition coefficient (Wildman–Crippen LogP) is 4.07. The first-order valence-corrected chi connectivity index (χ1v) is 8.60. The SMILES string of the molecule is O=C1C(=Cc2cc(Br)ccc2O)NC(=S)N1Cc1ccccc1Cl. The van der Waals surface area contributed by atoms with Crippen LogP contribution in [0.4, 0.5) is 0 Å². The summed E-state index contributed by atoms with van der Waals surface area (Å²) in [6, 6.07) is 12.3. The van der Waals surface area contributed by atoms with Crippen LogP contribution in [-0.4, -0.2) is 21.0 Å². The molecular weight excluding hydrogens is 412 g/mol. The number of phenols is 1. The molecule has 1 heterocycles. The van der Waals surface area contributed by atoms with Crippen molar-refractivity contribution in [3.8, 4) is 5.75 Å². The van der Waals surface area contributed by atoms with Crippen LogP contribution >= 0.6 is 39.7 Å². The number of nitrogens with zero attached hydrogens (tertiary/aromatic N) is 1. The molecule has 3 rings (SSSR count). The highest BCUT2D eigenvalue weighted by molar-refractivity contribution is 9.10. The van der Waals surface area contributed by atoms with Crippen molar-refractivity contribution in [1.29, 1.82) is 0 Å². The summed E-state index contributed by atoms with van der Waals surface area (Å²) in [5.41, 5.74) is 1.63. The molecule has 1 amide bonds. The van der Waals surface area contributed by atoms with Gasteiger partial charge in [-0.2, -0.15) is 0 Å². The van der Waals surface area contributed by atoms with Gasteiger partial charge in [0.15, 0.2) is 5.11 Å². The van der Waals surface area contributed by atoms with Crippen LogP contribution in [0.15, 0.2) is 52.6 Å². The maximum absolute atomic E-state index is 12.6. The minimum atomic E-state index is -0.265. The quantitative estimate of drug-likeness (QED) is 0.577. The molecule has 0 aliphatic carbocycles. The Kier molecular flexibility index (Phi) is 4.89. The van der Waals surface area contributed by atoms with Crippen molar-refractivity contribution in [2.24, 2.45) is 0 Å². The summed E-state index contributed by atoms with van der Waals surface area (Å²) >= 11 is 14.7. The van der Waals surface area contributed by atoms with Crippen molar-refractivity contribution >= 4 is 56.8 Å². The predicted molar refractivity (Wildman–Crippen MR) is 102 cm³/mol. The number of aromatic hydroxyl groups is 1. The summed E-state index contributed by atoms with van der Waals surface area (Å²) < 4.78 is 0.799. The normalized spacial score (nSPS) is 15.9. The van der Waals surface area contributed by atoms with E-state index < -0.39 is 0 Å². The molecule has 7 heteroatoms. The van der Waals surface area contributed by atoms with E-state index in [0.717, 1.165) is 10.0 Å². The van der Waals surface area contributed by atoms with E-state index in [1.165, 1.54) is 4.90 Å². The van der Waals surface area contributed by atoms with Gasteiger partial charge in [0.05, 0.1) is 6.54 Å². The fourth-order valence-electron chi connectivity index (χ4n) is 2.31. The van der Waals surface area contributed by atoms with Gasteiger partial charge in [-0.3, -0.25) is 9.69 Å². The number of nitrogens with one attached hydrogen (secondary N) is 1. The fourth-order valence-corrected chi connectivity index (χ4v) is 3.14. The maximum Gasteiger partial charge on any atom is 0.276 e. The van der Waals surface area contributed by atoms with Gasteiger partial charge in [-0.15, -0.1) is 0 Å². The number of amides is 1. The molecule has 2 N–H and O–H groups in total. The summed E-state index contributed by atoms with van der Waals surface area (Å²) in [6.45, 7) is 0.284. The van der Waals surface area contributed by atoms with E-state index in [-0.39, 0.29) is 18.2 Å². The van der Waals surface area contributed by atoms with Crippen LogP contribution in [0.1, 0.15) is 11.1 Å². The number of halogens is 2. The van der Waals surface area contributed by atoms with Gasteiger partial charge in [-0.25, -0.2) is 0 Å². The van der Waals surface area contributed by atoms with Crippen LogP contribution in [0.5, 0.6) is 5.75 Å². The topological polar surface area (TPSA) is 52.6 Å². The number of carbonyl (C=O) groups excluding carboxylic acids is 1. The minimum absolute atomic E-state index is 0.0794. The van der Waals surface area contributed by atoms with Gasteiger partial charge in [-0.05, 0) is 48.1 Å². The Labute approximate surface area is 157 Å². The van der Waals surface area contributed by atoms with E-state index in [9.17, 15) is 9.90 Å². The lowest BCUT2D eigenvalue weighted by Crippen LogP contribution is -2.30. The Morgan fingerprint density at radius 3 is 2.79 bits per heavy atom. The Hall–Kier alpha value is -1.89. The summed E-state index contributed by atoms with van der Waals surface area (Å²) in [4.78, 5) is 14.0. The highest BCUT2D eigenvalue weighted by atomic mass is 79.9. The standard InChI is InChI=1S/C17H12BrClN2O2S/c18-12-5-6-15(22)11(7-12)8-14-16(23)21(17(24)20-14)9-10-3-1-2-4-13(10)19/h1-8,22H,9H2,(H,20,24). The monoisotopic (exact) mass is 422 g/mol. The molecule has 122 valence electrons. The van der Waals surface area contributed by atoms with E-state index in [4.69, 9.17) is 23.8 Å². The van der Waals surface area contributed by atoms with Crippen molar-refractivity contribution in [3.05, 3.63) is 68.8 Å². The molecule has 24 heavy (non-hydrogen) atoms. The zero-order valence-electron chi connectivity index (χ0n) is 12.3. The first-order chi connectivity index (χ1) is 11.5. The smallest absolute Gasteiger partial charge is 0.276 e. The summed E-state index contributed by atoms with van der Waals surface area (Å²) in [7, 11) is 0. The lowest BCUT2D eigenvalue weighted by molar-refractivity contribution is -0.122. The van der Waals surface area contributed by atoms with Crippen molar-refractivity contribution in [1.82, 2.24) is 10.2 Å². The van der Waals surface area contributed by atoms with E-state index in [1.807, 2.05) is 18.2 Å². The minimum Gasteiger partial charge on any atom is -0.507 e. The second-order valence-corrected chi connectivity index (χ2v) is 6.88. The fraction of sp³-hybridized carbons (Fsp3) is 0.0588. The summed E-state index contributed by atoms with van der Waals surface area (Å²) in [5, 5.41) is 13.7. The molecule has 2 aromatic carbocycles. The average Bonchev–Trinajstić information content (AvgIpc) is 2.80. The molecule has 4 nitrogen and oxygen atoms in total. The lowest BCUT2D eigenvalue weighted by Gasteiger charge is -2.14. The van der Waals surface area contributed by atoms with Gasteiger partial charge in [-0.1, -0.05) is 45.7 Å². The maximum atomic E-state index is 12.6. The number of hydrogen-bond donors (Lipinski definition) is 2. The molecule has 0 aromatic heterocycles. The van der Waals surface area contributed by atoms with Gasteiger partial charge in [0, 0.05) is 15.1 Å². The van der Waals surface area contributed by atoms with Gasteiger partial charge in [0.1, 0.15) is 11.4 Å². The van der Waals surface area contributed by atoms with Gasteiger partial charge < -0.3 is 10.4 Å². The van der Waals surface area contributed by atoms with Crippen LogP contribution in [0.3, 0.4) is 0 Å². The first kappa shape index (κ1) is 17.0. The van der Waals surface area contributed by atoms with Crippen LogP contribution in [-0.2, 0) is 11.3 Å². The highest BCUT2D eigenvalue weighted by Crippen LogP contribution is 2.26. The van der Waals surface area contributed by atoms with Gasteiger partial charge in [0.2, 0.25) is 0 Å². The van der Waals surface area contributed by atoms with Crippen molar-refractivity contribution < 1.29 is 9.90 Å². The van der Waals surface area contributed by atoms with Crippen molar-refractivity contribution in [2.45, 2.75) is 6.54 Å². The third kappa shape index (κ3) is 3.45. The Morgan fingerprint density at radius 1 is 1.29 bits per heavy atom. The Bertz CT molecular complexity index is 869. The Balaban J connectivity index is 1.88. The number of rotatable bonds is 3. The number of thiocarbonyl (C=S) groups is 1. The second-order valence-electron chi connectivity index (χ2n) is 5.17. The third-order valence-electron chi connectivity index (χ3n) is 3.54. The third-order valence-corrected chi connectivity index (χ3v) is 4.72. The highest BCUT2D eigenvalue weighted by Gasteiger charge is 2.31. The van der Waals surface area contributed by atoms with Crippen molar-refractivity contribution in [3.63, 3.8) is 0 Å². The van der Waals surface area contributed by atoms with Crippen LogP contribution < -0.4 is 5.32 Å². The van der Waals surface area contributed by atoms with E-state index in [2.05, 4.69) is 21.2 Å². The molecule has 0 radical (unpaired) electrons. The molecular formula is C17H12BrClN2O2S. The second kappa shape index (κ2) is 6.93. The van der Waals surface area contributed by atoms with Crippen LogP contribution in [0.2, 0.25) is 5.02 Å². The number of phenolic OH excluding ortho intramolecular Hbond substituents is 1. The van der Waals surface area contributed by atoms with E-state index in [1.54, 1.807) is 30.3 Å². The molecule has 2 aromatic rings. The van der Waals surface area contributed by atoms with Crippen LogP contribution in [0.25, 0.3) is 6.08 Å². The number of hydrogen-bond acceptors (Lipinski definition) is 3. The molecule has 1 saturated heterocycles. The zero-order chi connectivity index (χ0) is 17.3. The molecule has 0 unspecified atom stereocenters. The molecule has 0 atom stereocenters. The number of benzene rings is 2. The van der Waals surface area contributed by atoms with Crippen LogP contribution in [0, 0.1) is 0 Å². The lowest BCUT2D eigenvalue weighted by atomic mass is 10.1. The zero-order valence-corrected chi connectivity index (χ0v) is 15.5. The van der Waals surface area contributed by atoms with Crippen molar-refractivity contribution in [2.75, 3.05) is 0 Å². The number of carbonyl (C=O) groups is 1. The van der Waals surface area contributed by atoms with E-state index in [0.29, 0.717) is 21.4 Å². The first-order valence-electron chi connectivity index (χ1n) is 7.02. The average molecular weight is 424 g/mol. The molecule has 0 bridgehead atoms. The van der Waals surface area contributed by atoms with Gasteiger partial charge >= 0.3 is 0 Å². The molecule has 1 aliphatic heterocycles. The summed E-state index contributed by atoms with van der Waals surface area (Å²) in [5.74, 6) is -0.185. The molecule has 1 aliphatic rings. The molecule has 1 fully saturated rings. The van der Waals surface area contributed by atoms with E-state index >= 15 is 0 Å². The van der Waals surface area contributed by atoms with Gasteiger partial charge in [0.25, 0.3) is 5.91 Å². The Morgan fingerprint density at radius 2 is 2.04 bits per heavy atom. The molecule has 0 saturated carbocycles. The molecule has 0 spiro atoms.